The van der Waals surface area contributed by atoms with Gasteiger partial charge in [-0.1, -0.05) is 13.8 Å². The number of nitrogens with one attached hydrogen (secondary N) is 1. The number of halogens is 1. The van der Waals surface area contributed by atoms with Crippen LogP contribution in [0.1, 0.15) is 26.7 Å². The molecule has 1 atom stereocenters. The second-order valence-corrected chi connectivity index (χ2v) is 5.79. The molecule has 1 aliphatic rings. The summed E-state index contributed by atoms with van der Waals surface area (Å²) in [6.07, 6.45) is 1.41. The number of nitrogens with two attached hydrogens (primary N) is 1. The van der Waals surface area contributed by atoms with Crippen LogP contribution in [0.2, 0.25) is 0 Å². The number of hydrogen-bond acceptors (Lipinski definition) is 4. The van der Waals surface area contributed by atoms with Gasteiger partial charge in [-0.25, -0.2) is 0 Å². The Morgan fingerprint density at radius 2 is 2.09 bits per heavy atom. The third kappa shape index (κ3) is 4.36. The van der Waals surface area contributed by atoms with E-state index in [1.165, 1.54) is 0 Å². The van der Waals surface area contributed by atoms with E-state index in [2.05, 4.69) is 5.32 Å². The number of carbonyl (C=O) groups excluding carboxylic acids is 2. The summed E-state index contributed by atoms with van der Waals surface area (Å²) in [6.45, 7) is 4.49. The zero-order chi connectivity index (χ0) is 16.3. The summed E-state index contributed by atoms with van der Waals surface area (Å²) in [7, 11) is 1.55. The third-order valence-corrected chi connectivity index (χ3v) is 3.83. The molecule has 2 rings (SSSR count). The molecular formula is C16H24ClN3O3. The molecule has 0 aromatic heterocycles. The van der Waals surface area contributed by atoms with Crippen molar-refractivity contribution in [3.05, 3.63) is 18.2 Å². The van der Waals surface area contributed by atoms with Crippen molar-refractivity contribution in [3.63, 3.8) is 0 Å². The Morgan fingerprint density at radius 3 is 2.61 bits per heavy atom. The lowest BCUT2D eigenvalue weighted by atomic mass is 10.0. The van der Waals surface area contributed by atoms with Crippen LogP contribution in [0, 0.1) is 5.92 Å². The van der Waals surface area contributed by atoms with Crippen molar-refractivity contribution in [2.75, 3.05) is 23.9 Å². The van der Waals surface area contributed by atoms with Gasteiger partial charge in [0.15, 0.2) is 0 Å². The van der Waals surface area contributed by atoms with Crippen molar-refractivity contribution < 1.29 is 14.3 Å². The number of anilines is 2. The lowest BCUT2D eigenvalue weighted by Gasteiger charge is -2.20. The predicted octanol–water partition coefficient (Wildman–Crippen LogP) is 2.17. The molecule has 1 aromatic carbocycles. The standard InChI is InChI=1S/C16H23N3O3.ClH/c1-10(2)15(17)16(21)18-11-6-7-12(13(9-11)22-3)19-8-4-5-14(19)20;/h6-7,9-10,15H,4-5,8,17H2,1-3H3,(H,18,21);1H. The average molecular weight is 342 g/mol. The van der Waals surface area contributed by atoms with Gasteiger partial charge in [0.05, 0.1) is 18.8 Å². The molecular weight excluding hydrogens is 318 g/mol. The Hall–Kier alpha value is -1.79. The topological polar surface area (TPSA) is 84.7 Å². The molecule has 23 heavy (non-hydrogen) atoms. The highest BCUT2D eigenvalue weighted by Crippen LogP contribution is 2.33. The third-order valence-electron chi connectivity index (χ3n) is 3.83. The monoisotopic (exact) mass is 341 g/mol. The van der Waals surface area contributed by atoms with Crippen LogP contribution in [-0.2, 0) is 9.59 Å². The maximum Gasteiger partial charge on any atom is 0.241 e. The fraction of sp³-hybridized carbons (Fsp3) is 0.500. The number of methoxy groups -OCH3 is 1. The molecule has 3 N–H and O–H groups in total. The molecule has 1 unspecified atom stereocenters. The zero-order valence-electron chi connectivity index (χ0n) is 13.7. The van der Waals surface area contributed by atoms with E-state index in [9.17, 15) is 9.59 Å². The van der Waals surface area contributed by atoms with E-state index < -0.39 is 6.04 Å². The van der Waals surface area contributed by atoms with Gasteiger partial charge in [0.1, 0.15) is 5.75 Å². The van der Waals surface area contributed by atoms with Crippen molar-refractivity contribution in [1.29, 1.82) is 0 Å². The second kappa shape index (κ2) is 8.17. The van der Waals surface area contributed by atoms with Crippen LogP contribution in [0.3, 0.4) is 0 Å². The molecule has 0 saturated carbocycles. The van der Waals surface area contributed by atoms with E-state index in [0.717, 1.165) is 12.1 Å². The van der Waals surface area contributed by atoms with Gasteiger partial charge >= 0.3 is 0 Å². The van der Waals surface area contributed by atoms with Crippen LogP contribution < -0.4 is 20.7 Å². The van der Waals surface area contributed by atoms with E-state index in [1.807, 2.05) is 13.8 Å². The van der Waals surface area contributed by atoms with Gasteiger partial charge in [-0.05, 0) is 24.5 Å². The zero-order valence-corrected chi connectivity index (χ0v) is 14.5. The van der Waals surface area contributed by atoms with Crippen LogP contribution in [0.15, 0.2) is 18.2 Å². The van der Waals surface area contributed by atoms with Gasteiger partial charge in [-0.15, -0.1) is 12.4 Å². The number of hydrogen-bond donors (Lipinski definition) is 2. The van der Waals surface area contributed by atoms with Gasteiger partial charge < -0.3 is 20.7 Å². The molecule has 1 aliphatic heterocycles. The lowest BCUT2D eigenvalue weighted by molar-refractivity contribution is -0.118. The fourth-order valence-corrected chi connectivity index (χ4v) is 2.41. The molecule has 2 amide bonds. The number of carbonyl (C=O) groups is 2. The maximum atomic E-state index is 12.0. The molecule has 1 heterocycles. The summed E-state index contributed by atoms with van der Waals surface area (Å²) in [5.41, 5.74) is 7.17. The van der Waals surface area contributed by atoms with Crippen LogP contribution in [0.5, 0.6) is 5.75 Å². The summed E-state index contributed by atoms with van der Waals surface area (Å²) in [6, 6.07) is 4.70. The van der Waals surface area contributed by atoms with Gasteiger partial charge in [-0.2, -0.15) is 0 Å². The fourth-order valence-electron chi connectivity index (χ4n) is 2.41. The second-order valence-electron chi connectivity index (χ2n) is 5.79. The van der Waals surface area contributed by atoms with E-state index in [0.29, 0.717) is 24.4 Å². The summed E-state index contributed by atoms with van der Waals surface area (Å²) in [4.78, 5) is 25.6. The SMILES string of the molecule is COc1cc(NC(=O)C(N)C(C)C)ccc1N1CCCC1=O.Cl. The first-order valence-corrected chi connectivity index (χ1v) is 7.49. The van der Waals surface area contributed by atoms with Crippen LogP contribution >= 0.6 is 12.4 Å². The Balaban J connectivity index is 0.00000264. The predicted molar refractivity (Wildman–Crippen MR) is 93.3 cm³/mol. The van der Waals surface area contributed by atoms with Gasteiger partial charge in [0.2, 0.25) is 11.8 Å². The number of rotatable bonds is 5. The Labute approximate surface area is 142 Å². The number of benzene rings is 1. The van der Waals surface area contributed by atoms with Crippen molar-refractivity contribution in [3.8, 4) is 5.75 Å². The molecule has 0 aliphatic carbocycles. The van der Waals surface area contributed by atoms with Crippen LogP contribution in [0.25, 0.3) is 0 Å². The van der Waals surface area contributed by atoms with Crippen molar-refractivity contribution in [1.82, 2.24) is 0 Å². The lowest BCUT2D eigenvalue weighted by Crippen LogP contribution is -2.39. The van der Waals surface area contributed by atoms with Crippen molar-refractivity contribution >= 4 is 35.6 Å². The summed E-state index contributed by atoms with van der Waals surface area (Å²) < 4.78 is 5.36. The van der Waals surface area contributed by atoms with Gasteiger partial charge in [0.25, 0.3) is 0 Å². The Bertz CT molecular complexity index is 578. The van der Waals surface area contributed by atoms with Crippen LogP contribution in [-0.4, -0.2) is 31.5 Å². The molecule has 6 nitrogen and oxygen atoms in total. The quantitative estimate of drug-likeness (QED) is 0.859. The highest BCUT2D eigenvalue weighted by molar-refractivity contribution is 5.98. The molecule has 0 bridgehead atoms. The van der Waals surface area contributed by atoms with Crippen molar-refractivity contribution in [2.45, 2.75) is 32.7 Å². The van der Waals surface area contributed by atoms with E-state index >= 15 is 0 Å². The normalized spacial score (nSPS) is 15.3. The highest BCUT2D eigenvalue weighted by Gasteiger charge is 2.25. The summed E-state index contributed by atoms with van der Waals surface area (Å²) in [5.74, 6) is 0.480. The molecule has 1 fully saturated rings. The van der Waals surface area contributed by atoms with E-state index in [1.54, 1.807) is 30.2 Å². The molecule has 128 valence electrons. The van der Waals surface area contributed by atoms with Crippen molar-refractivity contribution in [2.24, 2.45) is 11.7 Å². The molecule has 1 aromatic rings. The minimum atomic E-state index is -0.564. The molecule has 1 saturated heterocycles. The number of amides is 2. The van der Waals surface area contributed by atoms with Gasteiger partial charge in [-0.3, -0.25) is 9.59 Å². The smallest absolute Gasteiger partial charge is 0.241 e. The Morgan fingerprint density at radius 1 is 1.39 bits per heavy atom. The van der Waals surface area contributed by atoms with E-state index in [4.69, 9.17) is 10.5 Å². The largest absolute Gasteiger partial charge is 0.494 e. The number of nitrogens with zero attached hydrogens (tertiary/aromatic N) is 1. The molecule has 0 spiro atoms. The first-order valence-electron chi connectivity index (χ1n) is 7.49. The first kappa shape index (κ1) is 19.3. The summed E-state index contributed by atoms with van der Waals surface area (Å²) >= 11 is 0. The van der Waals surface area contributed by atoms with Crippen LogP contribution in [0.4, 0.5) is 11.4 Å². The minimum absolute atomic E-state index is 0. The maximum absolute atomic E-state index is 12.0. The summed E-state index contributed by atoms with van der Waals surface area (Å²) in [5, 5.41) is 2.78. The first-order chi connectivity index (χ1) is 10.4. The number of ether oxygens (including phenoxy) is 1. The molecule has 0 radical (unpaired) electrons. The Kier molecular flexibility index (Phi) is 6.84. The van der Waals surface area contributed by atoms with Gasteiger partial charge in [0, 0.05) is 24.7 Å². The average Bonchev–Trinajstić information content (AvgIpc) is 2.92. The van der Waals surface area contributed by atoms with E-state index in [-0.39, 0.29) is 30.1 Å². The highest BCUT2D eigenvalue weighted by atomic mass is 35.5. The minimum Gasteiger partial charge on any atom is -0.494 e. The molecule has 7 heteroatoms.